The summed E-state index contributed by atoms with van der Waals surface area (Å²) in [5.41, 5.74) is 7.47. The van der Waals surface area contributed by atoms with Crippen molar-refractivity contribution in [2.24, 2.45) is 11.7 Å². The third-order valence-electron chi connectivity index (χ3n) is 5.79. The Morgan fingerprint density at radius 1 is 1.00 bits per heavy atom. The van der Waals surface area contributed by atoms with Gasteiger partial charge in [0.2, 0.25) is 11.8 Å². The number of methoxy groups -OCH3 is 2. The molecule has 2 aromatic rings. The fraction of sp³-hybridized carbons (Fsp3) is 0.227. The lowest BCUT2D eigenvalue weighted by Crippen LogP contribution is -2.39. The fourth-order valence-corrected chi connectivity index (χ4v) is 5.66. The summed E-state index contributed by atoms with van der Waals surface area (Å²) >= 11 is 1.04. The van der Waals surface area contributed by atoms with Gasteiger partial charge in [-0.15, -0.1) is 0 Å². The highest BCUT2D eigenvalue weighted by Gasteiger charge is 2.58. The molecule has 8 nitrogen and oxygen atoms in total. The summed E-state index contributed by atoms with van der Waals surface area (Å²) in [6.07, 6.45) is 0. The van der Waals surface area contributed by atoms with Crippen LogP contribution in [-0.2, 0) is 14.4 Å². The van der Waals surface area contributed by atoms with Crippen LogP contribution in [0.15, 0.2) is 53.1 Å². The highest BCUT2D eigenvalue weighted by molar-refractivity contribution is 8.04. The number of hydrogen-bond acceptors (Lipinski definition) is 8. The summed E-state index contributed by atoms with van der Waals surface area (Å²) in [6, 6.07) is 11.9. The van der Waals surface area contributed by atoms with E-state index in [0.29, 0.717) is 28.5 Å². The maximum Gasteiger partial charge on any atom is 0.342 e. The number of nitrogens with two attached hydrogens (primary N) is 1. The van der Waals surface area contributed by atoms with Crippen LogP contribution in [0.5, 0.6) is 17.2 Å². The van der Waals surface area contributed by atoms with E-state index in [9.17, 15) is 14.4 Å². The number of esters is 1. The highest BCUT2D eigenvalue weighted by Crippen LogP contribution is 2.54. The van der Waals surface area contributed by atoms with Crippen molar-refractivity contribution < 1.29 is 28.6 Å². The molecule has 0 unspecified atom stereocenters. The van der Waals surface area contributed by atoms with Crippen LogP contribution in [0.2, 0.25) is 0 Å². The zero-order valence-corrected chi connectivity index (χ0v) is 17.5. The van der Waals surface area contributed by atoms with Crippen molar-refractivity contribution >= 4 is 35.2 Å². The van der Waals surface area contributed by atoms with Crippen molar-refractivity contribution in [3.05, 3.63) is 58.6 Å². The van der Waals surface area contributed by atoms with Crippen LogP contribution in [0.3, 0.4) is 0 Å². The van der Waals surface area contributed by atoms with Gasteiger partial charge in [-0.2, -0.15) is 0 Å². The second-order valence-corrected chi connectivity index (χ2v) is 8.48. The van der Waals surface area contributed by atoms with E-state index in [0.717, 1.165) is 16.7 Å². The molecule has 2 aromatic carbocycles. The van der Waals surface area contributed by atoms with Gasteiger partial charge in [0.15, 0.2) is 11.5 Å². The Bertz CT molecular complexity index is 1180. The number of imide groups is 1. The molecule has 5 rings (SSSR count). The molecule has 1 fully saturated rings. The molecule has 9 heteroatoms. The fourth-order valence-electron chi connectivity index (χ4n) is 4.42. The lowest BCUT2D eigenvalue weighted by atomic mass is 9.77. The zero-order chi connectivity index (χ0) is 21.9. The average Bonchev–Trinajstić information content (AvgIpc) is 3.02. The first-order chi connectivity index (χ1) is 15.0. The van der Waals surface area contributed by atoms with E-state index >= 15 is 0 Å². The molecule has 3 heterocycles. The van der Waals surface area contributed by atoms with E-state index in [2.05, 4.69) is 0 Å². The molecule has 31 heavy (non-hydrogen) atoms. The Balaban J connectivity index is 1.62. The third-order valence-corrected chi connectivity index (χ3v) is 7.01. The topological polar surface area (TPSA) is 108 Å². The van der Waals surface area contributed by atoms with Gasteiger partial charge in [0.25, 0.3) is 0 Å². The number of amides is 2. The van der Waals surface area contributed by atoms with Crippen LogP contribution >= 0.6 is 11.8 Å². The number of benzene rings is 2. The number of para-hydroxylation sites is 1. The summed E-state index contributed by atoms with van der Waals surface area (Å²) in [4.78, 5) is 40.7. The van der Waals surface area contributed by atoms with E-state index in [-0.39, 0.29) is 16.5 Å². The quantitative estimate of drug-likeness (QED) is 0.441. The number of ether oxygens (including phenoxy) is 3. The molecule has 0 bridgehead atoms. The monoisotopic (exact) mass is 438 g/mol. The van der Waals surface area contributed by atoms with Crippen LogP contribution in [0.25, 0.3) is 0 Å². The Kier molecular flexibility index (Phi) is 4.44. The number of rotatable bonds is 3. The van der Waals surface area contributed by atoms with Gasteiger partial charge in [0.05, 0.1) is 36.4 Å². The average molecular weight is 438 g/mol. The van der Waals surface area contributed by atoms with Gasteiger partial charge in [-0.25, -0.2) is 9.69 Å². The summed E-state index contributed by atoms with van der Waals surface area (Å²) < 4.78 is 16.0. The molecule has 0 aliphatic carbocycles. The van der Waals surface area contributed by atoms with E-state index in [1.165, 1.54) is 14.2 Å². The summed E-state index contributed by atoms with van der Waals surface area (Å²) in [7, 11) is 2.98. The molecule has 0 saturated carbocycles. The number of thioether (sulfide) groups is 1. The lowest BCUT2D eigenvalue weighted by molar-refractivity contribution is -0.131. The predicted molar refractivity (Wildman–Crippen MR) is 113 cm³/mol. The van der Waals surface area contributed by atoms with Crippen LogP contribution in [0.1, 0.15) is 11.5 Å². The van der Waals surface area contributed by atoms with E-state index in [1.807, 2.05) is 0 Å². The predicted octanol–water partition coefficient (Wildman–Crippen LogP) is 2.18. The summed E-state index contributed by atoms with van der Waals surface area (Å²) in [6.45, 7) is 0. The second-order valence-electron chi connectivity index (χ2n) is 7.30. The molecular weight excluding hydrogens is 420 g/mol. The van der Waals surface area contributed by atoms with Crippen molar-refractivity contribution in [1.29, 1.82) is 0 Å². The van der Waals surface area contributed by atoms with Crippen LogP contribution in [-0.4, -0.2) is 37.3 Å². The van der Waals surface area contributed by atoms with E-state index < -0.39 is 29.0 Å². The minimum Gasteiger partial charge on any atom is -0.493 e. The standard InChI is InChI=1S/C22H18N2O6S/c1-28-13-8-7-10(9-14(13)29-2)24-20(25)16-15-11-5-3-4-6-12(11)30-22(27)17(15)19(23)31-18(16)21(24)26/h3-9,15-16,18H,23H2,1-2H3/t15-,16+,18+/m1/s1. The molecular formula is C22H18N2O6S. The number of nitrogens with zero attached hydrogens (tertiary/aromatic N) is 1. The number of fused-ring (bicyclic) bond motifs is 5. The first-order valence-corrected chi connectivity index (χ1v) is 10.4. The largest absolute Gasteiger partial charge is 0.493 e. The smallest absolute Gasteiger partial charge is 0.342 e. The normalized spacial score (nSPS) is 24.4. The molecule has 1 saturated heterocycles. The molecule has 0 radical (unpaired) electrons. The SMILES string of the molecule is COc1ccc(N2C(=O)[C@@H]3[C@H](SC(N)=C4C(=O)Oc5ccccc5[C@@H]43)C2=O)cc1OC. The number of hydrogen-bond donors (Lipinski definition) is 1. The molecule has 0 aromatic heterocycles. The molecule has 0 spiro atoms. The molecule has 2 amide bonds. The van der Waals surface area contributed by atoms with Crippen LogP contribution in [0.4, 0.5) is 5.69 Å². The van der Waals surface area contributed by atoms with Crippen LogP contribution < -0.4 is 24.8 Å². The molecule has 3 aliphatic rings. The van der Waals surface area contributed by atoms with Crippen LogP contribution in [0, 0.1) is 5.92 Å². The van der Waals surface area contributed by atoms with Crippen molar-refractivity contribution in [3.8, 4) is 17.2 Å². The number of carbonyl (C=O) groups excluding carboxylic acids is 3. The maximum absolute atomic E-state index is 13.6. The Labute approximate surface area is 181 Å². The second kappa shape index (κ2) is 7.05. The number of anilines is 1. The molecule has 3 aliphatic heterocycles. The van der Waals surface area contributed by atoms with E-state index in [1.54, 1.807) is 42.5 Å². The van der Waals surface area contributed by atoms with Gasteiger partial charge in [-0.1, -0.05) is 30.0 Å². The maximum atomic E-state index is 13.6. The van der Waals surface area contributed by atoms with Gasteiger partial charge in [-0.3, -0.25) is 9.59 Å². The van der Waals surface area contributed by atoms with Crippen molar-refractivity contribution in [1.82, 2.24) is 0 Å². The first kappa shape index (κ1) is 19.5. The highest BCUT2D eigenvalue weighted by atomic mass is 32.2. The molecule has 2 N–H and O–H groups in total. The Morgan fingerprint density at radius 3 is 2.48 bits per heavy atom. The van der Waals surface area contributed by atoms with Crippen molar-refractivity contribution in [2.45, 2.75) is 11.2 Å². The zero-order valence-electron chi connectivity index (χ0n) is 16.7. The Hall–Kier alpha value is -3.46. The summed E-state index contributed by atoms with van der Waals surface area (Å²) in [5, 5.41) is -0.533. The van der Waals surface area contributed by atoms with Crippen molar-refractivity contribution in [3.63, 3.8) is 0 Å². The minimum atomic E-state index is -0.776. The summed E-state index contributed by atoms with van der Waals surface area (Å²) in [5.74, 6) is -1.53. The van der Waals surface area contributed by atoms with Gasteiger partial charge >= 0.3 is 5.97 Å². The van der Waals surface area contributed by atoms with Gasteiger partial charge in [0.1, 0.15) is 11.0 Å². The first-order valence-electron chi connectivity index (χ1n) is 9.53. The minimum absolute atomic E-state index is 0.209. The van der Waals surface area contributed by atoms with Gasteiger partial charge in [0, 0.05) is 17.5 Å². The lowest BCUT2D eigenvalue weighted by Gasteiger charge is -2.36. The van der Waals surface area contributed by atoms with E-state index in [4.69, 9.17) is 19.9 Å². The van der Waals surface area contributed by atoms with Crippen molar-refractivity contribution in [2.75, 3.05) is 19.1 Å². The number of carbonyl (C=O) groups is 3. The molecule has 158 valence electrons. The third kappa shape index (κ3) is 2.73. The van der Waals surface area contributed by atoms with Gasteiger partial charge < -0.3 is 19.9 Å². The Morgan fingerprint density at radius 2 is 1.74 bits per heavy atom. The van der Waals surface area contributed by atoms with Gasteiger partial charge in [-0.05, 0) is 18.2 Å². The molecule has 3 atom stereocenters.